The highest BCUT2D eigenvalue weighted by atomic mass is 16.6. The van der Waals surface area contributed by atoms with Gasteiger partial charge in [-0.1, -0.05) is 51.1 Å². The lowest BCUT2D eigenvalue weighted by atomic mass is 9.80. The molecule has 1 aromatic heterocycles. The van der Waals surface area contributed by atoms with Gasteiger partial charge in [0.15, 0.2) is 17.2 Å². The van der Waals surface area contributed by atoms with Crippen molar-refractivity contribution < 1.29 is 38.0 Å². The summed E-state index contributed by atoms with van der Waals surface area (Å²) in [5.41, 5.74) is 5.67. The molecule has 42 heavy (non-hydrogen) atoms. The van der Waals surface area contributed by atoms with E-state index in [1.54, 1.807) is 49.9 Å². The molecule has 13 nitrogen and oxygen atoms in total. The smallest absolute Gasteiger partial charge is 0.423 e. The number of carbonyl (C=O) groups is 5. The van der Waals surface area contributed by atoms with Crippen LogP contribution in [0.25, 0.3) is 0 Å². The van der Waals surface area contributed by atoms with Crippen LogP contribution >= 0.6 is 0 Å². The second kappa shape index (κ2) is 12.9. The molecule has 13 heteroatoms. The Labute approximate surface area is 243 Å². The number of hydrogen-bond acceptors (Lipinski definition) is 12. The van der Waals surface area contributed by atoms with Crippen molar-refractivity contribution in [2.45, 2.75) is 71.1 Å². The molecule has 1 fully saturated rings. The zero-order valence-electron chi connectivity index (χ0n) is 24.3. The van der Waals surface area contributed by atoms with Crippen molar-refractivity contribution in [1.29, 1.82) is 0 Å². The van der Waals surface area contributed by atoms with Gasteiger partial charge in [0.25, 0.3) is 11.8 Å². The van der Waals surface area contributed by atoms with Gasteiger partial charge in [0.05, 0.1) is 19.2 Å². The first-order valence-electron chi connectivity index (χ1n) is 14.0. The predicted molar refractivity (Wildman–Crippen MR) is 147 cm³/mol. The summed E-state index contributed by atoms with van der Waals surface area (Å²) in [6.07, 6.45) is 0.365. The van der Waals surface area contributed by atoms with Gasteiger partial charge < -0.3 is 19.7 Å². The van der Waals surface area contributed by atoms with Crippen molar-refractivity contribution in [2.75, 3.05) is 20.2 Å². The van der Waals surface area contributed by atoms with Gasteiger partial charge in [-0.25, -0.2) is 4.79 Å². The number of nitrogens with two attached hydrogens (primary N) is 1. The van der Waals surface area contributed by atoms with E-state index in [0.717, 1.165) is 0 Å². The van der Waals surface area contributed by atoms with E-state index < -0.39 is 47.3 Å². The van der Waals surface area contributed by atoms with Crippen LogP contribution in [0.4, 0.5) is 4.79 Å². The molecule has 4 rings (SSSR count). The van der Waals surface area contributed by atoms with Crippen LogP contribution in [-0.2, 0) is 30.5 Å². The highest BCUT2D eigenvalue weighted by Gasteiger charge is 2.49. The van der Waals surface area contributed by atoms with E-state index >= 15 is 0 Å². The monoisotopic (exact) mass is 583 g/mol. The fraction of sp³-hybridized carbons (Fsp3) is 0.552. The summed E-state index contributed by atoms with van der Waals surface area (Å²) in [5, 5.41) is 7.36. The van der Waals surface area contributed by atoms with E-state index in [0.29, 0.717) is 29.8 Å². The number of ether oxygens (including phenoxy) is 2. The molecular weight excluding hydrogens is 546 g/mol. The molecular formula is C29H37N5O8. The third-order valence-electron chi connectivity index (χ3n) is 8.10. The standard InChI is InChI=1S/C29H37N5O8/c1-17(2)21(30)26(37)34(28(39)41-15-18-9-6-5-7-10-18)25(36)20-11-8-14-33(20)16-29(3)13-12-19(27(38)40-4)23-22(24(29)35)31-32-42-23/h5-7,9-10,17,19-21H,8,11-16,30H2,1-4H3/t19?,20-,21-,29?/m0/s1. The summed E-state index contributed by atoms with van der Waals surface area (Å²) in [6, 6.07) is 6.90. The zero-order valence-corrected chi connectivity index (χ0v) is 24.3. The second-order valence-corrected chi connectivity index (χ2v) is 11.4. The van der Waals surface area contributed by atoms with Crippen LogP contribution in [0.2, 0.25) is 0 Å². The normalized spacial score (nSPS) is 23.1. The average molecular weight is 584 g/mol. The molecule has 1 saturated heterocycles. The SMILES string of the molecule is COC(=O)C1CCC(C)(CN2CCC[C@H]2C(=O)N(C(=O)OCc2ccccc2)C(=O)[C@@H](N)C(C)C)C(=O)c2nnoc21. The van der Waals surface area contributed by atoms with Gasteiger partial charge in [-0.05, 0) is 43.7 Å². The summed E-state index contributed by atoms with van der Waals surface area (Å²) >= 11 is 0. The molecule has 2 aliphatic rings. The molecule has 0 radical (unpaired) electrons. The van der Waals surface area contributed by atoms with E-state index in [1.807, 2.05) is 6.07 Å². The van der Waals surface area contributed by atoms with Gasteiger partial charge in [-0.2, -0.15) is 4.90 Å². The molecule has 226 valence electrons. The molecule has 0 bridgehead atoms. The largest absolute Gasteiger partial charge is 0.468 e. The molecule has 0 saturated carbocycles. The van der Waals surface area contributed by atoms with Crippen molar-refractivity contribution in [3.05, 3.63) is 47.3 Å². The summed E-state index contributed by atoms with van der Waals surface area (Å²) in [7, 11) is 1.25. The summed E-state index contributed by atoms with van der Waals surface area (Å²) in [4.78, 5) is 69.0. The minimum absolute atomic E-state index is 0.0447. The number of hydrogen-bond donors (Lipinski definition) is 1. The zero-order chi connectivity index (χ0) is 30.6. The van der Waals surface area contributed by atoms with Crippen molar-refractivity contribution in [1.82, 2.24) is 20.2 Å². The second-order valence-electron chi connectivity index (χ2n) is 11.4. The van der Waals surface area contributed by atoms with Gasteiger partial charge in [0, 0.05) is 17.2 Å². The number of imide groups is 3. The molecule has 1 aromatic carbocycles. The maximum atomic E-state index is 13.9. The van der Waals surface area contributed by atoms with Crippen molar-refractivity contribution in [2.24, 2.45) is 17.1 Å². The number of Topliss-reactive ketones (excluding diaryl/α,β-unsaturated/α-hetero) is 1. The molecule has 2 heterocycles. The van der Waals surface area contributed by atoms with Crippen LogP contribution in [-0.4, -0.2) is 82.1 Å². The maximum Gasteiger partial charge on any atom is 0.423 e. The van der Waals surface area contributed by atoms with Crippen LogP contribution in [0.5, 0.6) is 0 Å². The number of ketones is 1. The first kappa shape index (κ1) is 31.0. The predicted octanol–water partition coefficient (Wildman–Crippen LogP) is 2.45. The van der Waals surface area contributed by atoms with Gasteiger partial charge >= 0.3 is 12.1 Å². The molecule has 4 atom stereocenters. The van der Waals surface area contributed by atoms with E-state index in [-0.39, 0.29) is 49.1 Å². The molecule has 1 aliphatic carbocycles. The van der Waals surface area contributed by atoms with Gasteiger partial charge in [-0.3, -0.25) is 24.1 Å². The highest BCUT2D eigenvalue weighted by molar-refractivity contribution is 6.12. The number of methoxy groups -OCH3 is 1. The van der Waals surface area contributed by atoms with Crippen LogP contribution in [0, 0.1) is 11.3 Å². The first-order valence-corrected chi connectivity index (χ1v) is 14.0. The lowest BCUT2D eigenvalue weighted by Crippen LogP contribution is -2.57. The number of likely N-dealkylation sites (tertiary alicyclic amines) is 1. The first-order chi connectivity index (χ1) is 20.0. The molecule has 1 aliphatic heterocycles. The van der Waals surface area contributed by atoms with Crippen LogP contribution < -0.4 is 5.73 Å². The third-order valence-corrected chi connectivity index (χ3v) is 8.10. The van der Waals surface area contributed by atoms with E-state index in [2.05, 4.69) is 10.4 Å². The Balaban J connectivity index is 1.57. The van der Waals surface area contributed by atoms with Crippen LogP contribution in [0.1, 0.15) is 74.2 Å². The topological polar surface area (TPSA) is 175 Å². The quantitative estimate of drug-likeness (QED) is 0.355. The Kier molecular flexibility index (Phi) is 9.52. The maximum absolute atomic E-state index is 13.9. The van der Waals surface area contributed by atoms with Crippen molar-refractivity contribution in [3.63, 3.8) is 0 Å². The Bertz CT molecular complexity index is 1330. The number of rotatable bonds is 8. The summed E-state index contributed by atoms with van der Waals surface area (Å²) < 4.78 is 15.5. The number of carbonyl (C=O) groups excluding carboxylic acids is 5. The lowest BCUT2D eigenvalue weighted by Gasteiger charge is -2.35. The van der Waals surface area contributed by atoms with Gasteiger partial charge in [0.1, 0.15) is 12.5 Å². The van der Waals surface area contributed by atoms with Crippen molar-refractivity contribution >= 4 is 29.7 Å². The number of benzene rings is 1. The van der Waals surface area contributed by atoms with Gasteiger partial charge in [-0.15, -0.1) is 5.10 Å². The van der Waals surface area contributed by atoms with E-state index in [1.165, 1.54) is 7.11 Å². The fourth-order valence-corrected chi connectivity index (χ4v) is 5.49. The van der Waals surface area contributed by atoms with Crippen LogP contribution in [0.15, 0.2) is 34.9 Å². The van der Waals surface area contributed by atoms with E-state index in [4.69, 9.17) is 19.7 Å². The summed E-state index contributed by atoms with van der Waals surface area (Å²) in [5.74, 6) is -3.67. The van der Waals surface area contributed by atoms with Crippen molar-refractivity contribution in [3.8, 4) is 0 Å². The number of nitrogens with zero attached hydrogens (tertiary/aromatic N) is 4. The Hall–Kier alpha value is -3.97. The van der Waals surface area contributed by atoms with E-state index in [9.17, 15) is 24.0 Å². The minimum atomic E-state index is -1.11. The number of aromatic nitrogens is 2. The number of esters is 1. The molecule has 0 spiro atoms. The van der Waals surface area contributed by atoms with Crippen LogP contribution in [0.3, 0.4) is 0 Å². The van der Waals surface area contributed by atoms with Gasteiger partial charge in [0.2, 0.25) is 0 Å². The molecule has 2 aromatic rings. The molecule has 3 amide bonds. The summed E-state index contributed by atoms with van der Waals surface area (Å²) in [6.45, 7) is 5.59. The molecule has 2 unspecified atom stereocenters. The Morgan fingerprint density at radius 3 is 2.57 bits per heavy atom. The Morgan fingerprint density at radius 2 is 1.90 bits per heavy atom. The number of amides is 3. The third kappa shape index (κ3) is 6.26. The minimum Gasteiger partial charge on any atom is -0.468 e. The number of fused-ring (bicyclic) bond motifs is 1. The Morgan fingerprint density at radius 1 is 1.19 bits per heavy atom. The lowest BCUT2D eigenvalue weighted by molar-refractivity contribution is -0.147. The average Bonchev–Trinajstić information content (AvgIpc) is 3.63. The highest BCUT2D eigenvalue weighted by Crippen LogP contribution is 2.41. The fourth-order valence-electron chi connectivity index (χ4n) is 5.49. The molecule has 2 N–H and O–H groups in total.